The van der Waals surface area contributed by atoms with Crippen LogP contribution in [0, 0.1) is 11.2 Å². The van der Waals surface area contributed by atoms with E-state index in [1.807, 2.05) is 6.07 Å². The lowest BCUT2D eigenvalue weighted by Crippen LogP contribution is -2.15. The first-order valence-corrected chi connectivity index (χ1v) is 8.59. The number of hydrogen-bond acceptors (Lipinski definition) is 6. The highest BCUT2D eigenvalue weighted by Gasteiger charge is 2.10. The molecule has 7 heteroatoms. The molecule has 0 aliphatic rings. The van der Waals surface area contributed by atoms with Crippen molar-refractivity contribution in [1.29, 1.82) is 5.41 Å². The first-order chi connectivity index (χ1) is 13.7. The second-order valence-electron chi connectivity index (χ2n) is 6.02. The molecule has 0 saturated carbocycles. The van der Waals surface area contributed by atoms with Gasteiger partial charge < -0.3 is 9.73 Å². The zero-order valence-corrected chi connectivity index (χ0v) is 14.8. The summed E-state index contributed by atoms with van der Waals surface area (Å²) in [6, 6.07) is 11.8. The highest BCUT2D eigenvalue weighted by atomic mass is 19.1. The lowest BCUT2D eigenvalue weighted by molar-refractivity contribution is 0.605. The molecule has 6 nitrogen and oxygen atoms in total. The summed E-state index contributed by atoms with van der Waals surface area (Å²) < 4.78 is 19.4. The number of pyridine rings is 1. The third-order valence-electron chi connectivity index (χ3n) is 4.14. The minimum atomic E-state index is -0.296. The Morgan fingerprint density at radius 2 is 1.93 bits per heavy atom. The summed E-state index contributed by atoms with van der Waals surface area (Å²) >= 11 is 0. The van der Waals surface area contributed by atoms with E-state index in [0.29, 0.717) is 28.2 Å². The standard InChI is InChI=1S/C21H16FN5O/c22-16-5-2-1-4-14(16)12-27-19(11-17(23)21-24-7-3-8-25-21)15-10-20-18(26-13-15)6-9-28-20/h1-11,13,23,27H,12H2/b19-11-,23-17?. The first-order valence-electron chi connectivity index (χ1n) is 8.59. The number of nitrogens with zero attached hydrogens (tertiary/aromatic N) is 3. The quantitative estimate of drug-likeness (QED) is 0.500. The summed E-state index contributed by atoms with van der Waals surface area (Å²) in [6.45, 7) is 0.248. The third-order valence-corrected chi connectivity index (χ3v) is 4.14. The molecular weight excluding hydrogens is 357 g/mol. The minimum absolute atomic E-state index is 0.121. The Labute approximate surface area is 160 Å². The maximum absolute atomic E-state index is 14.0. The number of aromatic nitrogens is 3. The number of halogens is 1. The Morgan fingerprint density at radius 3 is 2.75 bits per heavy atom. The zero-order valence-electron chi connectivity index (χ0n) is 14.8. The molecule has 3 aromatic heterocycles. The van der Waals surface area contributed by atoms with Gasteiger partial charge in [0.2, 0.25) is 0 Å². The van der Waals surface area contributed by atoms with Crippen molar-refractivity contribution in [2.75, 3.05) is 0 Å². The second-order valence-corrected chi connectivity index (χ2v) is 6.02. The third kappa shape index (κ3) is 3.78. The fraction of sp³-hybridized carbons (Fsp3) is 0.0476. The number of rotatable bonds is 6. The van der Waals surface area contributed by atoms with Gasteiger partial charge in [-0.15, -0.1) is 0 Å². The largest absolute Gasteiger partial charge is 0.463 e. The van der Waals surface area contributed by atoms with Crippen LogP contribution in [0.4, 0.5) is 4.39 Å². The molecule has 0 fully saturated rings. The van der Waals surface area contributed by atoms with E-state index in [2.05, 4.69) is 20.3 Å². The summed E-state index contributed by atoms with van der Waals surface area (Å²) in [5.41, 5.74) is 3.29. The molecule has 0 unspecified atom stereocenters. The molecular formula is C21H16FN5O. The van der Waals surface area contributed by atoms with E-state index in [4.69, 9.17) is 9.83 Å². The fourth-order valence-electron chi connectivity index (χ4n) is 2.71. The van der Waals surface area contributed by atoms with Crippen LogP contribution >= 0.6 is 0 Å². The molecule has 0 aliphatic heterocycles. The molecule has 4 aromatic rings. The molecule has 3 heterocycles. The molecule has 0 amide bonds. The van der Waals surface area contributed by atoms with Crippen LogP contribution in [-0.4, -0.2) is 20.7 Å². The van der Waals surface area contributed by atoms with Gasteiger partial charge >= 0.3 is 0 Å². The van der Waals surface area contributed by atoms with Crippen LogP contribution < -0.4 is 5.32 Å². The summed E-state index contributed by atoms with van der Waals surface area (Å²) in [5, 5.41) is 11.5. The van der Waals surface area contributed by atoms with Gasteiger partial charge in [-0.1, -0.05) is 18.2 Å². The van der Waals surface area contributed by atoms with Gasteiger partial charge in [0, 0.05) is 48.0 Å². The van der Waals surface area contributed by atoms with E-state index < -0.39 is 0 Å². The van der Waals surface area contributed by atoms with Crippen LogP contribution in [0.2, 0.25) is 0 Å². The van der Waals surface area contributed by atoms with Gasteiger partial charge in [-0.25, -0.2) is 14.4 Å². The van der Waals surface area contributed by atoms with Gasteiger partial charge in [-0.2, -0.15) is 0 Å². The number of benzene rings is 1. The smallest absolute Gasteiger partial charge is 0.177 e. The molecule has 0 atom stereocenters. The van der Waals surface area contributed by atoms with Gasteiger partial charge in [0.05, 0.1) is 6.26 Å². The molecule has 2 N–H and O–H groups in total. The topological polar surface area (TPSA) is 87.7 Å². The molecule has 1 aromatic carbocycles. The number of fused-ring (bicyclic) bond motifs is 1. The molecule has 0 aliphatic carbocycles. The maximum Gasteiger partial charge on any atom is 0.177 e. The van der Waals surface area contributed by atoms with Crippen molar-refractivity contribution in [3.8, 4) is 0 Å². The highest BCUT2D eigenvalue weighted by molar-refractivity contribution is 6.07. The predicted molar refractivity (Wildman–Crippen MR) is 104 cm³/mol. The Hall–Kier alpha value is -3.87. The number of furan rings is 1. The highest BCUT2D eigenvalue weighted by Crippen LogP contribution is 2.20. The van der Waals surface area contributed by atoms with Gasteiger partial charge in [-0.3, -0.25) is 10.4 Å². The van der Waals surface area contributed by atoms with Crippen LogP contribution in [-0.2, 0) is 6.54 Å². The van der Waals surface area contributed by atoms with Crippen LogP contribution in [0.1, 0.15) is 17.0 Å². The average molecular weight is 373 g/mol. The van der Waals surface area contributed by atoms with E-state index in [0.717, 1.165) is 5.52 Å². The maximum atomic E-state index is 14.0. The SMILES string of the molecule is N=C(/C=C(\NCc1ccccc1F)c1cnc2ccoc2c1)c1ncccn1. The van der Waals surface area contributed by atoms with E-state index in [1.54, 1.807) is 61.3 Å². The van der Waals surface area contributed by atoms with Gasteiger partial charge in [0.25, 0.3) is 0 Å². The van der Waals surface area contributed by atoms with E-state index in [9.17, 15) is 4.39 Å². The Balaban J connectivity index is 1.68. The van der Waals surface area contributed by atoms with Gasteiger partial charge in [0.1, 0.15) is 17.0 Å². The Morgan fingerprint density at radius 1 is 1.11 bits per heavy atom. The summed E-state index contributed by atoms with van der Waals surface area (Å²) in [6.07, 6.45) is 8.00. The van der Waals surface area contributed by atoms with Crippen molar-refractivity contribution >= 4 is 22.5 Å². The number of nitrogens with one attached hydrogen (secondary N) is 2. The molecule has 28 heavy (non-hydrogen) atoms. The fourth-order valence-corrected chi connectivity index (χ4v) is 2.71. The van der Waals surface area contributed by atoms with Crippen molar-refractivity contribution in [3.05, 3.63) is 96.2 Å². The van der Waals surface area contributed by atoms with E-state index >= 15 is 0 Å². The molecule has 0 bridgehead atoms. The lowest BCUT2D eigenvalue weighted by atomic mass is 10.1. The first kappa shape index (κ1) is 17.5. The van der Waals surface area contributed by atoms with Crippen LogP contribution in [0.5, 0.6) is 0 Å². The average Bonchev–Trinajstić information content (AvgIpc) is 3.20. The number of hydrogen-bond donors (Lipinski definition) is 2. The van der Waals surface area contributed by atoms with E-state index in [-0.39, 0.29) is 18.1 Å². The summed E-state index contributed by atoms with van der Waals surface area (Å²) in [5.74, 6) is -0.00448. The van der Waals surface area contributed by atoms with Crippen LogP contribution in [0.3, 0.4) is 0 Å². The van der Waals surface area contributed by atoms with Crippen molar-refractivity contribution in [3.63, 3.8) is 0 Å². The molecule has 0 spiro atoms. The molecule has 0 radical (unpaired) electrons. The van der Waals surface area contributed by atoms with E-state index in [1.165, 1.54) is 6.07 Å². The van der Waals surface area contributed by atoms with Crippen LogP contribution in [0.25, 0.3) is 16.8 Å². The summed E-state index contributed by atoms with van der Waals surface area (Å²) in [7, 11) is 0. The monoisotopic (exact) mass is 373 g/mol. The Bertz CT molecular complexity index is 1150. The Kier molecular flexibility index (Phi) is 4.88. The van der Waals surface area contributed by atoms with Crippen molar-refractivity contribution in [2.24, 2.45) is 0 Å². The second kappa shape index (κ2) is 7.79. The zero-order chi connectivity index (χ0) is 19.3. The van der Waals surface area contributed by atoms with Crippen LogP contribution in [0.15, 0.2) is 77.8 Å². The molecule has 138 valence electrons. The summed E-state index contributed by atoms with van der Waals surface area (Å²) in [4.78, 5) is 12.6. The molecule has 4 rings (SSSR count). The predicted octanol–water partition coefficient (Wildman–Crippen LogP) is 3.96. The van der Waals surface area contributed by atoms with Crippen molar-refractivity contribution < 1.29 is 8.81 Å². The lowest BCUT2D eigenvalue weighted by Gasteiger charge is -2.12. The molecule has 0 saturated heterocycles. The normalized spacial score (nSPS) is 11.5. The van der Waals surface area contributed by atoms with Crippen molar-refractivity contribution in [2.45, 2.75) is 6.54 Å². The van der Waals surface area contributed by atoms with Gasteiger partial charge in [-0.05, 0) is 24.3 Å². The number of allylic oxidation sites excluding steroid dienone is 1. The minimum Gasteiger partial charge on any atom is -0.463 e. The van der Waals surface area contributed by atoms with Crippen molar-refractivity contribution in [1.82, 2.24) is 20.3 Å². The van der Waals surface area contributed by atoms with Gasteiger partial charge in [0.15, 0.2) is 11.4 Å².